The van der Waals surface area contributed by atoms with Crippen LogP contribution in [0.15, 0.2) is 108 Å². The zero-order valence-corrected chi connectivity index (χ0v) is 26.0. The number of amides is 2. The van der Waals surface area contributed by atoms with Crippen molar-refractivity contribution in [2.45, 2.75) is 44.7 Å². The van der Waals surface area contributed by atoms with Crippen LogP contribution in [-0.2, 0) is 9.53 Å². The van der Waals surface area contributed by atoms with E-state index in [1.807, 2.05) is 54.6 Å². The van der Waals surface area contributed by atoms with Gasteiger partial charge in [-0.2, -0.15) is 0 Å². The van der Waals surface area contributed by atoms with Crippen LogP contribution < -0.4 is 10.1 Å². The van der Waals surface area contributed by atoms with Crippen LogP contribution in [0.1, 0.15) is 61.4 Å². The lowest BCUT2D eigenvalue weighted by atomic mass is 9.85. The third kappa shape index (κ3) is 8.32. The second-order valence-corrected chi connectivity index (χ2v) is 11.3. The van der Waals surface area contributed by atoms with Crippen LogP contribution in [0.4, 0.5) is 19.3 Å². The highest BCUT2D eigenvalue weighted by Crippen LogP contribution is 2.37. The molecule has 2 N–H and O–H groups in total. The predicted molar refractivity (Wildman–Crippen MR) is 174 cm³/mol. The number of halogens is 2. The van der Waals surface area contributed by atoms with Gasteiger partial charge in [0.1, 0.15) is 30.0 Å². The number of oxime groups is 1. The Morgan fingerprint density at radius 1 is 0.979 bits per heavy atom. The van der Waals surface area contributed by atoms with Gasteiger partial charge in [0.25, 0.3) is 0 Å². The summed E-state index contributed by atoms with van der Waals surface area (Å²) in [4.78, 5) is 29.0. The molecule has 0 aromatic heterocycles. The van der Waals surface area contributed by atoms with Crippen molar-refractivity contribution in [2.24, 2.45) is 11.1 Å². The maximum Gasteiger partial charge on any atom is 0.417 e. The highest BCUT2D eigenvalue weighted by Gasteiger charge is 2.44. The summed E-state index contributed by atoms with van der Waals surface area (Å²) < 4.78 is 38.8. The maximum atomic E-state index is 14.7. The van der Waals surface area contributed by atoms with Gasteiger partial charge < -0.3 is 20.0 Å². The standard InChI is InChI=1S/C37H37F2N3O5/c1-2-3-23-46-31-19-11-27(12-20-31)35(40-30-17-15-29(39)16-18-30)32(21-22-33(41-45)25-9-13-28(38)14-10-25)36(43)42-34(24-47-37(42)44)26-7-5-4-6-8-26/h4-20,32,34-35,40,45H,2-3,21-24H2,1H3/b41-33-/t32-,34-,35-/m1/s1. The highest BCUT2D eigenvalue weighted by molar-refractivity contribution is 6.01. The van der Waals surface area contributed by atoms with Gasteiger partial charge in [0, 0.05) is 5.69 Å². The Kier molecular flexibility index (Phi) is 11.2. The SMILES string of the molecule is CCCCOc1ccc([C@@H](Nc2ccc(F)cc2)[C@@H](CC/C(=N/O)c2ccc(F)cc2)C(=O)N2C(=O)OC[C@@H]2c2ccccc2)cc1. The first-order valence-corrected chi connectivity index (χ1v) is 15.6. The molecule has 5 rings (SSSR count). The normalized spacial score (nSPS) is 16.0. The number of carbonyl (C=O) groups is 2. The minimum absolute atomic E-state index is 0.0000869. The van der Waals surface area contributed by atoms with E-state index in [4.69, 9.17) is 9.47 Å². The van der Waals surface area contributed by atoms with Gasteiger partial charge >= 0.3 is 6.09 Å². The molecular formula is C37H37F2N3O5. The Morgan fingerprint density at radius 2 is 1.64 bits per heavy atom. The molecule has 47 heavy (non-hydrogen) atoms. The van der Waals surface area contributed by atoms with Crippen LogP contribution >= 0.6 is 0 Å². The van der Waals surface area contributed by atoms with E-state index in [9.17, 15) is 23.6 Å². The van der Waals surface area contributed by atoms with Gasteiger partial charge in [0.05, 0.1) is 24.3 Å². The topological polar surface area (TPSA) is 100 Å². The van der Waals surface area contributed by atoms with E-state index in [0.29, 0.717) is 29.2 Å². The average Bonchev–Trinajstić information content (AvgIpc) is 3.49. The summed E-state index contributed by atoms with van der Waals surface area (Å²) in [5.74, 6) is -1.60. The van der Waals surface area contributed by atoms with Gasteiger partial charge in [0.2, 0.25) is 5.91 Å². The Balaban J connectivity index is 1.54. The van der Waals surface area contributed by atoms with Crippen molar-refractivity contribution in [3.63, 3.8) is 0 Å². The number of nitrogens with zero attached hydrogens (tertiary/aromatic N) is 2. The summed E-state index contributed by atoms with van der Waals surface area (Å²) in [7, 11) is 0. The largest absolute Gasteiger partial charge is 0.494 e. The molecule has 1 saturated heterocycles. The fourth-order valence-corrected chi connectivity index (χ4v) is 5.63. The minimum atomic E-state index is -0.916. The number of unbranched alkanes of at least 4 members (excludes halogenated alkanes) is 1. The van der Waals surface area contributed by atoms with Crippen LogP contribution in [0.3, 0.4) is 0 Å². The molecule has 4 aromatic rings. The maximum absolute atomic E-state index is 14.7. The zero-order valence-electron chi connectivity index (χ0n) is 26.0. The summed E-state index contributed by atoms with van der Waals surface area (Å²) >= 11 is 0. The zero-order chi connectivity index (χ0) is 33.2. The minimum Gasteiger partial charge on any atom is -0.494 e. The molecule has 0 aliphatic carbocycles. The third-order valence-corrected chi connectivity index (χ3v) is 8.18. The molecule has 0 radical (unpaired) electrons. The van der Waals surface area contributed by atoms with E-state index < -0.39 is 41.6 Å². The molecule has 1 aliphatic heterocycles. The summed E-state index contributed by atoms with van der Waals surface area (Å²) in [6, 6.07) is 26.4. The fourth-order valence-electron chi connectivity index (χ4n) is 5.63. The molecule has 10 heteroatoms. The molecule has 0 bridgehead atoms. The molecule has 1 aliphatic rings. The summed E-state index contributed by atoms with van der Waals surface area (Å²) in [5.41, 5.74) is 2.73. The number of cyclic esters (lactones) is 1. The number of nitrogens with one attached hydrogen (secondary N) is 1. The van der Waals surface area contributed by atoms with Gasteiger partial charge in [-0.25, -0.2) is 18.5 Å². The van der Waals surface area contributed by atoms with Crippen LogP contribution in [0.5, 0.6) is 5.75 Å². The van der Waals surface area contributed by atoms with Gasteiger partial charge in [-0.15, -0.1) is 0 Å². The van der Waals surface area contributed by atoms with E-state index in [2.05, 4.69) is 17.4 Å². The average molecular weight is 642 g/mol. The molecule has 8 nitrogen and oxygen atoms in total. The van der Waals surface area contributed by atoms with Gasteiger partial charge in [0.15, 0.2) is 0 Å². The molecule has 244 valence electrons. The number of hydrogen-bond acceptors (Lipinski definition) is 7. The predicted octanol–water partition coefficient (Wildman–Crippen LogP) is 8.29. The summed E-state index contributed by atoms with van der Waals surface area (Å²) in [6.45, 7) is 2.65. The Hall–Kier alpha value is -5.25. The molecule has 1 heterocycles. The molecule has 2 amide bonds. The van der Waals surface area contributed by atoms with E-state index in [1.54, 1.807) is 12.1 Å². The lowest BCUT2D eigenvalue weighted by Gasteiger charge is -2.32. The van der Waals surface area contributed by atoms with Gasteiger partial charge in [-0.3, -0.25) is 4.79 Å². The van der Waals surface area contributed by atoms with Crippen molar-refractivity contribution in [3.05, 3.63) is 131 Å². The smallest absolute Gasteiger partial charge is 0.417 e. The van der Waals surface area contributed by atoms with E-state index in [1.165, 1.54) is 36.4 Å². The first-order valence-electron chi connectivity index (χ1n) is 15.6. The number of carbonyl (C=O) groups excluding carboxylic acids is 2. The Morgan fingerprint density at radius 3 is 2.28 bits per heavy atom. The lowest BCUT2D eigenvalue weighted by molar-refractivity contribution is -0.134. The highest BCUT2D eigenvalue weighted by atomic mass is 19.1. The fraction of sp³-hybridized carbons (Fsp3) is 0.270. The van der Waals surface area contributed by atoms with Gasteiger partial charge in [-0.1, -0.05) is 73.1 Å². The molecule has 4 aromatic carbocycles. The Labute approximate surface area is 272 Å². The van der Waals surface area contributed by atoms with E-state index in [-0.39, 0.29) is 25.2 Å². The summed E-state index contributed by atoms with van der Waals surface area (Å²) in [5, 5.41) is 16.8. The van der Waals surface area contributed by atoms with Crippen molar-refractivity contribution in [3.8, 4) is 5.75 Å². The second kappa shape index (κ2) is 15.8. The van der Waals surface area contributed by atoms with Crippen molar-refractivity contribution in [1.29, 1.82) is 0 Å². The monoisotopic (exact) mass is 641 g/mol. The number of rotatable bonds is 14. The van der Waals surface area contributed by atoms with Crippen LogP contribution in [0, 0.1) is 17.6 Å². The lowest BCUT2D eigenvalue weighted by Crippen LogP contribution is -2.42. The second-order valence-electron chi connectivity index (χ2n) is 11.3. The number of imide groups is 1. The number of ether oxygens (including phenoxy) is 2. The van der Waals surface area contributed by atoms with Crippen molar-refractivity contribution in [1.82, 2.24) is 4.90 Å². The quantitative estimate of drug-likeness (QED) is 0.0622. The first-order chi connectivity index (χ1) is 22.9. The van der Waals surface area contributed by atoms with E-state index in [0.717, 1.165) is 23.3 Å². The number of anilines is 1. The molecule has 1 fully saturated rings. The van der Waals surface area contributed by atoms with Crippen LogP contribution in [0.2, 0.25) is 0 Å². The Bertz CT molecular complexity index is 1650. The number of benzene rings is 4. The van der Waals surface area contributed by atoms with Gasteiger partial charge in [-0.05, 0) is 84.5 Å². The first kappa shape index (κ1) is 33.1. The van der Waals surface area contributed by atoms with Crippen molar-refractivity contribution >= 4 is 23.4 Å². The van der Waals surface area contributed by atoms with Crippen LogP contribution in [-0.4, -0.2) is 41.0 Å². The van der Waals surface area contributed by atoms with E-state index >= 15 is 0 Å². The molecule has 0 spiro atoms. The molecular weight excluding hydrogens is 604 g/mol. The number of hydrogen-bond donors (Lipinski definition) is 2. The molecule has 3 atom stereocenters. The third-order valence-electron chi connectivity index (χ3n) is 8.18. The van der Waals surface area contributed by atoms with Crippen molar-refractivity contribution < 1.29 is 33.1 Å². The molecule has 0 saturated carbocycles. The van der Waals surface area contributed by atoms with Crippen molar-refractivity contribution in [2.75, 3.05) is 18.5 Å². The van der Waals surface area contributed by atoms with Crippen LogP contribution in [0.25, 0.3) is 0 Å². The summed E-state index contributed by atoms with van der Waals surface area (Å²) in [6.07, 6.45) is 1.37. The molecule has 0 unspecified atom stereocenters.